The Bertz CT molecular complexity index is 1410. The Hall–Kier alpha value is -4.46. The number of hydrogen-bond acceptors (Lipinski definition) is 4. The summed E-state index contributed by atoms with van der Waals surface area (Å²) >= 11 is 0. The summed E-state index contributed by atoms with van der Waals surface area (Å²) in [6.45, 7) is 1.66. The van der Waals surface area contributed by atoms with Gasteiger partial charge in [-0.05, 0) is 36.8 Å². The van der Waals surface area contributed by atoms with Crippen LogP contribution in [0.3, 0.4) is 0 Å². The maximum Gasteiger partial charge on any atom is 0.271 e. The van der Waals surface area contributed by atoms with E-state index in [1.165, 1.54) is 6.20 Å². The van der Waals surface area contributed by atoms with E-state index in [0.717, 1.165) is 22.0 Å². The van der Waals surface area contributed by atoms with Crippen LogP contribution in [0.4, 0.5) is 0 Å². The lowest BCUT2D eigenvalue weighted by Crippen LogP contribution is -2.52. The highest BCUT2D eigenvalue weighted by molar-refractivity contribution is 6.03. The molecule has 8 nitrogen and oxygen atoms in total. The zero-order chi connectivity index (χ0) is 23.8. The number of hydrazine groups is 1. The molecular formula is C26H23N5O3. The van der Waals surface area contributed by atoms with E-state index in [9.17, 15) is 14.4 Å². The molecule has 0 fully saturated rings. The topological polar surface area (TPSA) is 96.3 Å². The van der Waals surface area contributed by atoms with Gasteiger partial charge >= 0.3 is 0 Å². The van der Waals surface area contributed by atoms with Crippen molar-refractivity contribution >= 4 is 28.6 Å². The second kappa shape index (κ2) is 8.47. The summed E-state index contributed by atoms with van der Waals surface area (Å²) in [6.07, 6.45) is 4.97. The van der Waals surface area contributed by atoms with Crippen molar-refractivity contribution < 1.29 is 14.4 Å². The maximum atomic E-state index is 13.5. The molecule has 34 heavy (non-hydrogen) atoms. The molecule has 4 aromatic rings. The Morgan fingerprint density at radius 1 is 0.971 bits per heavy atom. The van der Waals surface area contributed by atoms with Gasteiger partial charge in [0, 0.05) is 47.7 Å². The van der Waals surface area contributed by atoms with Gasteiger partial charge in [0.2, 0.25) is 0 Å². The number of benzene rings is 2. The number of aryl methyl sites for hydroxylation is 1. The molecule has 0 bridgehead atoms. The number of amides is 3. The highest BCUT2D eigenvalue weighted by Gasteiger charge is 2.43. The number of rotatable bonds is 4. The molecule has 0 unspecified atom stereocenters. The van der Waals surface area contributed by atoms with E-state index in [1.807, 2.05) is 60.3 Å². The van der Waals surface area contributed by atoms with Gasteiger partial charge in [-0.1, -0.05) is 36.4 Å². The lowest BCUT2D eigenvalue weighted by atomic mass is 9.97. The summed E-state index contributed by atoms with van der Waals surface area (Å²) in [6, 6.07) is 17.3. The summed E-state index contributed by atoms with van der Waals surface area (Å²) in [4.78, 5) is 44.3. The summed E-state index contributed by atoms with van der Waals surface area (Å²) in [7, 11) is 1.96. The van der Waals surface area contributed by atoms with E-state index in [4.69, 9.17) is 0 Å². The number of carbonyl (C=O) groups is 3. The van der Waals surface area contributed by atoms with Crippen molar-refractivity contribution in [3.8, 4) is 0 Å². The van der Waals surface area contributed by atoms with Crippen molar-refractivity contribution in [2.75, 3.05) is 0 Å². The lowest BCUT2D eigenvalue weighted by Gasteiger charge is -2.30. The molecule has 1 aliphatic heterocycles. The molecule has 0 saturated carbocycles. The Labute approximate surface area is 196 Å². The van der Waals surface area contributed by atoms with Crippen LogP contribution in [0.15, 0.2) is 79.3 Å². The van der Waals surface area contributed by atoms with Gasteiger partial charge in [0.25, 0.3) is 17.7 Å². The minimum absolute atomic E-state index is 0.227. The number of fused-ring (bicyclic) bond motifs is 2. The van der Waals surface area contributed by atoms with Crippen molar-refractivity contribution in [1.29, 1.82) is 0 Å². The summed E-state index contributed by atoms with van der Waals surface area (Å²) < 4.78 is 2.02. The quantitative estimate of drug-likeness (QED) is 0.465. The fourth-order valence-electron chi connectivity index (χ4n) is 4.56. The van der Waals surface area contributed by atoms with E-state index in [2.05, 4.69) is 15.8 Å². The summed E-state index contributed by atoms with van der Waals surface area (Å²) in [5.41, 5.74) is 8.57. The average Bonchev–Trinajstić information content (AvgIpc) is 3.36. The number of nitrogens with zero attached hydrogens (tertiary/aromatic N) is 3. The van der Waals surface area contributed by atoms with E-state index >= 15 is 0 Å². The van der Waals surface area contributed by atoms with E-state index in [1.54, 1.807) is 36.2 Å². The molecule has 3 amide bonds. The molecule has 3 heterocycles. The first-order valence-electron chi connectivity index (χ1n) is 10.9. The molecule has 5 rings (SSSR count). The third kappa shape index (κ3) is 3.49. The number of carbonyl (C=O) groups excluding carboxylic acids is 3. The SMILES string of the molecule is C[C@@H](C(=O)NNC(=O)c1cccnc1)N1C(=O)c2ccccc2[C@H]1c1cn(C)c2ccccc12. The van der Waals surface area contributed by atoms with Crippen LogP contribution in [0.5, 0.6) is 0 Å². The highest BCUT2D eigenvalue weighted by atomic mass is 16.2. The van der Waals surface area contributed by atoms with Gasteiger partial charge in [-0.3, -0.25) is 30.2 Å². The van der Waals surface area contributed by atoms with Crippen molar-refractivity contribution in [2.24, 2.45) is 7.05 Å². The minimum Gasteiger partial charge on any atom is -0.350 e. The van der Waals surface area contributed by atoms with Gasteiger partial charge in [0.1, 0.15) is 6.04 Å². The Morgan fingerprint density at radius 3 is 2.53 bits per heavy atom. The average molecular weight is 454 g/mol. The first-order valence-corrected chi connectivity index (χ1v) is 10.9. The number of hydrogen-bond donors (Lipinski definition) is 2. The zero-order valence-corrected chi connectivity index (χ0v) is 18.7. The molecule has 8 heteroatoms. The van der Waals surface area contributed by atoms with Crippen molar-refractivity contribution in [1.82, 2.24) is 25.3 Å². The lowest BCUT2D eigenvalue weighted by molar-refractivity contribution is -0.126. The van der Waals surface area contributed by atoms with Crippen LogP contribution in [0.25, 0.3) is 10.9 Å². The Kier molecular flexibility index (Phi) is 5.33. The molecule has 2 atom stereocenters. The monoisotopic (exact) mass is 453 g/mol. The van der Waals surface area contributed by atoms with Crippen molar-refractivity contribution in [2.45, 2.75) is 19.0 Å². The van der Waals surface area contributed by atoms with Gasteiger partial charge < -0.3 is 9.47 Å². The smallest absolute Gasteiger partial charge is 0.271 e. The van der Waals surface area contributed by atoms with Crippen LogP contribution in [0.2, 0.25) is 0 Å². The van der Waals surface area contributed by atoms with E-state index < -0.39 is 23.9 Å². The molecule has 0 radical (unpaired) electrons. The zero-order valence-electron chi connectivity index (χ0n) is 18.7. The number of nitrogens with one attached hydrogen (secondary N) is 2. The van der Waals surface area contributed by atoms with Crippen LogP contribution in [0.1, 0.15) is 44.8 Å². The Morgan fingerprint density at radius 2 is 1.74 bits per heavy atom. The highest BCUT2D eigenvalue weighted by Crippen LogP contribution is 2.42. The van der Waals surface area contributed by atoms with Crippen LogP contribution >= 0.6 is 0 Å². The summed E-state index contributed by atoms with van der Waals surface area (Å²) in [5, 5.41) is 1.02. The largest absolute Gasteiger partial charge is 0.350 e. The fourth-order valence-corrected chi connectivity index (χ4v) is 4.56. The normalized spacial score (nSPS) is 15.8. The van der Waals surface area contributed by atoms with Crippen LogP contribution in [-0.4, -0.2) is 38.2 Å². The van der Waals surface area contributed by atoms with E-state index in [0.29, 0.717) is 11.1 Å². The van der Waals surface area contributed by atoms with Crippen molar-refractivity contribution in [3.05, 3.63) is 102 Å². The van der Waals surface area contributed by atoms with Gasteiger partial charge in [-0.15, -0.1) is 0 Å². The van der Waals surface area contributed by atoms with Crippen LogP contribution in [-0.2, 0) is 11.8 Å². The predicted molar refractivity (Wildman–Crippen MR) is 127 cm³/mol. The van der Waals surface area contributed by atoms with Gasteiger partial charge in [0.15, 0.2) is 0 Å². The van der Waals surface area contributed by atoms with Gasteiger partial charge in [0.05, 0.1) is 11.6 Å². The molecule has 2 N–H and O–H groups in total. The molecule has 2 aromatic carbocycles. The van der Waals surface area contributed by atoms with E-state index in [-0.39, 0.29) is 5.91 Å². The fraction of sp³-hybridized carbons (Fsp3) is 0.154. The third-order valence-corrected chi connectivity index (χ3v) is 6.24. The standard InChI is InChI=1S/C26H23N5O3/c1-16(24(32)28-29-25(33)17-8-7-13-27-14-17)31-23(19-10-3-4-11-20(19)26(31)34)21-15-30(2)22-12-6-5-9-18(21)22/h3-16,23H,1-2H3,(H,28,32)(H,29,33)/t16-,23-/m0/s1. The minimum atomic E-state index is -0.849. The molecular weight excluding hydrogens is 430 g/mol. The second-order valence-electron chi connectivity index (χ2n) is 8.28. The van der Waals surface area contributed by atoms with Gasteiger partial charge in [-0.2, -0.15) is 0 Å². The molecule has 0 spiro atoms. The first kappa shape index (κ1) is 21.4. The van der Waals surface area contributed by atoms with Gasteiger partial charge in [-0.25, -0.2) is 0 Å². The van der Waals surface area contributed by atoms with Crippen LogP contribution in [0, 0.1) is 0 Å². The predicted octanol–water partition coefficient (Wildman–Crippen LogP) is 2.97. The van der Waals surface area contributed by atoms with Crippen LogP contribution < -0.4 is 10.9 Å². The second-order valence-corrected chi connectivity index (χ2v) is 8.28. The molecule has 0 aliphatic carbocycles. The van der Waals surface area contributed by atoms with Crippen molar-refractivity contribution in [3.63, 3.8) is 0 Å². The molecule has 1 aliphatic rings. The summed E-state index contributed by atoms with van der Waals surface area (Å²) in [5.74, 6) is -1.21. The number of aromatic nitrogens is 2. The maximum absolute atomic E-state index is 13.5. The number of para-hydroxylation sites is 1. The third-order valence-electron chi connectivity index (χ3n) is 6.24. The molecule has 2 aromatic heterocycles. The molecule has 0 saturated heterocycles. The number of pyridine rings is 1. The Balaban J connectivity index is 1.47. The molecule has 170 valence electrons. The first-order chi connectivity index (χ1) is 16.5.